The van der Waals surface area contributed by atoms with Crippen molar-refractivity contribution in [3.05, 3.63) is 69.3 Å². The van der Waals surface area contributed by atoms with Gasteiger partial charge in [-0.05, 0) is 26.0 Å². The van der Waals surface area contributed by atoms with Gasteiger partial charge in [-0.1, -0.05) is 24.3 Å². The first-order valence-corrected chi connectivity index (χ1v) is 7.13. The number of rotatable bonds is 5. The van der Waals surface area contributed by atoms with Crippen molar-refractivity contribution in [3.8, 4) is 5.75 Å². The highest BCUT2D eigenvalue weighted by Crippen LogP contribution is 2.25. The minimum absolute atomic E-state index is 0.0670. The van der Waals surface area contributed by atoms with E-state index >= 15 is 0 Å². The molecule has 1 amide bonds. The minimum atomic E-state index is -0.490. The van der Waals surface area contributed by atoms with Gasteiger partial charge in [0.1, 0.15) is 5.75 Å². The summed E-state index contributed by atoms with van der Waals surface area (Å²) in [6, 6.07) is 11.5. The van der Waals surface area contributed by atoms with E-state index in [2.05, 4.69) is 5.32 Å². The number of hydrogen-bond acceptors (Lipinski definition) is 4. The topological polar surface area (TPSA) is 81.5 Å². The lowest BCUT2D eigenvalue weighted by molar-refractivity contribution is -0.385. The molecular formula is C17H18N2O4. The molecule has 1 N–H and O–H groups in total. The third kappa shape index (κ3) is 3.66. The Kier molecular flexibility index (Phi) is 4.95. The van der Waals surface area contributed by atoms with Crippen LogP contribution in [0.4, 0.5) is 5.69 Å². The van der Waals surface area contributed by atoms with Crippen LogP contribution in [0, 0.1) is 17.0 Å². The van der Waals surface area contributed by atoms with E-state index < -0.39 is 4.92 Å². The minimum Gasteiger partial charge on any atom is -0.496 e. The lowest BCUT2D eigenvalue weighted by Crippen LogP contribution is -2.27. The van der Waals surface area contributed by atoms with E-state index in [-0.39, 0.29) is 23.2 Å². The lowest BCUT2D eigenvalue weighted by atomic mass is 10.1. The summed E-state index contributed by atoms with van der Waals surface area (Å²) >= 11 is 0. The largest absolute Gasteiger partial charge is 0.496 e. The van der Waals surface area contributed by atoms with Crippen LogP contribution >= 0.6 is 0 Å². The van der Waals surface area contributed by atoms with Gasteiger partial charge in [0.15, 0.2) is 0 Å². The van der Waals surface area contributed by atoms with Crippen molar-refractivity contribution in [2.24, 2.45) is 0 Å². The van der Waals surface area contributed by atoms with E-state index in [4.69, 9.17) is 4.74 Å². The molecule has 1 unspecified atom stereocenters. The zero-order valence-electron chi connectivity index (χ0n) is 13.2. The van der Waals surface area contributed by atoms with Gasteiger partial charge in [0, 0.05) is 22.8 Å². The van der Waals surface area contributed by atoms with Gasteiger partial charge in [-0.25, -0.2) is 0 Å². The fourth-order valence-electron chi connectivity index (χ4n) is 2.33. The van der Waals surface area contributed by atoms with Gasteiger partial charge in [-0.2, -0.15) is 0 Å². The van der Waals surface area contributed by atoms with Crippen molar-refractivity contribution in [2.45, 2.75) is 19.9 Å². The number of amides is 1. The number of hydrogen-bond donors (Lipinski definition) is 1. The van der Waals surface area contributed by atoms with Gasteiger partial charge < -0.3 is 10.1 Å². The van der Waals surface area contributed by atoms with Gasteiger partial charge >= 0.3 is 0 Å². The van der Waals surface area contributed by atoms with Crippen LogP contribution in [0.25, 0.3) is 0 Å². The molecule has 0 aromatic heterocycles. The maximum Gasteiger partial charge on any atom is 0.273 e. The summed E-state index contributed by atoms with van der Waals surface area (Å²) in [6.07, 6.45) is 0. The van der Waals surface area contributed by atoms with Crippen molar-refractivity contribution >= 4 is 11.6 Å². The van der Waals surface area contributed by atoms with Gasteiger partial charge in [-0.15, -0.1) is 0 Å². The van der Waals surface area contributed by atoms with Crippen LogP contribution in [0.3, 0.4) is 0 Å². The first-order chi connectivity index (χ1) is 10.9. The summed E-state index contributed by atoms with van der Waals surface area (Å²) in [5, 5.41) is 13.8. The Bertz CT molecular complexity index is 743. The Hall–Kier alpha value is -2.89. The number of benzene rings is 2. The van der Waals surface area contributed by atoms with Crippen molar-refractivity contribution in [1.29, 1.82) is 0 Å². The third-order valence-electron chi connectivity index (χ3n) is 3.62. The molecule has 6 nitrogen and oxygen atoms in total. The molecule has 6 heteroatoms. The Morgan fingerprint density at radius 1 is 1.26 bits per heavy atom. The summed E-state index contributed by atoms with van der Waals surface area (Å²) in [6.45, 7) is 3.47. The fourth-order valence-corrected chi connectivity index (χ4v) is 2.33. The van der Waals surface area contributed by atoms with Crippen LogP contribution in [0.15, 0.2) is 42.5 Å². The summed E-state index contributed by atoms with van der Waals surface area (Å²) < 4.78 is 5.28. The number of ether oxygens (including phenoxy) is 1. The number of nitrogens with zero attached hydrogens (tertiary/aromatic N) is 1. The number of aryl methyl sites for hydroxylation is 1. The van der Waals surface area contributed by atoms with Crippen LogP contribution in [0.2, 0.25) is 0 Å². The number of para-hydroxylation sites is 1. The van der Waals surface area contributed by atoms with Crippen LogP contribution in [-0.2, 0) is 0 Å². The number of nitro benzene ring substituents is 1. The van der Waals surface area contributed by atoms with Crippen molar-refractivity contribution in [1.82, 2.24) is 5.32 Å². The normalized spacial score (nSPS) is 11.6. The van der Waals surface area contributed by atoms with E-state index in [9.17, 15) is 14.9 Å². The fraction of sp³-hybridized carbons (Fsp3) is 0.235. The molecule has 0 aliphatic carbocycles. The molecule has 2 rings (SSSR count). The third-order valence-corrected chi connectivity index (χ3v) is 3.62. The molecule has 2 aromatic rings. The standard InChI is InChI=1S/C17H18N2O4/c1-11-8-9-13(10-15(11)19(21)22)17(20)18-12(2)14-6-4-5-7-16(14)23-3/h4-10,12H,1-3H3,(H,18,20). The average Bonchev–Trinajstić information content (AvgIpc) is 2.54. The molecule has 0 radical (unpaired) electrons. The number of methoxy groups -OCH3 is 1. The zero-order valence-corrected chi connectivity index (χ0v) is 13.2. The Morgan fingerprint density at radius 3 is 2.61 bits per heavy atom. The molecule has 0 saturated carbocycles. The molecule has 0 fully saturated rings. The summed E-state index contributed by atoms with van der Waals surface area (Å²) in [7, 11) is 1.57. The molecular weight excluding hydrogens is 296 g/mol. The Morgan fingerprint density at radius 2 is 1.96 bits per heavy atom. The molecule has 0 heterocycles. The van der Waals surface area contributed by atoms with Crippen LogP contribution in [0.1, 0.15) is 34.5 Å². The number of nitrogens with one attached hydrogen (secondary N) is 1. The van der Waals surface area contributed by atoms with E-state index in [0.29, 0.717) is 11.3 Å². The Labute approximate surface area is 134 Å². The predicted molar refractivity (Wildman–Crippen MR) is 86.7 cm³/mol. The van der Waals surface area contributed by atoms with Gasteiger partial charge in [0.25, 0.3) is 11.6 Å². The first kappa shape index (κ1) is 16.5. The maximum absolute atomic E-state index is 12.3. The molecule has 0 aliphatic rings. The molecule has 0 aliphatic heterocycles. The van der Waals surface area contributed by atoms with Crippen LogP contribution in [-0.4, -0.2) is 17.9 Å². The predicted octanol–water partition coefficient (Wildman–Crippen LogP) is 3.40. The molecule has 0 spiro atoms. The van der Waals surface area contributed by atoms with E-state index in [1.807, 2.05) is 31.2 Å². The maximum atomic E-state index is 12.3. The zero-order chi connectivity index (χ0) is 17.0. The second kappa shape index (κ2) is 6.91. The highest BCUT2D eigenvalue weighted by molar-refractivity contribution is 5.95. The molecule has 2 aromatic carbocycles. The summed E-state index contributed by atoms with van der Waals surface area (Å²) in [5.41, 5.74) is 1.54. The molecule has 23 heavy (non-hydrogen) atoms. The number of carbonyl (C=O) groups excluding carboxylic acids is 1. The first-order valence-electron chi connectivity index (χ1n) is 7.13. The smallest absolute Gasteiger partial charge is 0.273 e. The molecule has 0 bridgehead atoms. The average molecular weight is 314 g/mol. The second-order valence-corrected chi connectivity index (χ2v) is 5.20. The van der Waals surface area contributed by atoms with E-state index in [0.717, 1.165) is 5.56 Å². The SMILES string of the molecule is COc1ccccc1C(C)NC(=O)c1ccc(C)c([N+](=O)[O-])c1. The van der Waals surface area contributed by atoms with Gasteiger partial charge in [0.2, 0.25) is 0 Å². The monoisotopic (exact) mass is 314 g/mol. The second-order valence-electron chi connectivity index (χ2n) is 5.20. The van der Waals surface area contributed by atoms with E-state index in [1.54, 1.807) is 26.2 Å². The van der Waals surface area contributed by atoms with Crippen LogP contribution < -0.4 is 10.1 Å². The number of nitro groups is 1. The quantitative estimate of drug-likeness (QED) is 0.677. The Balaban J connectivity index is 2.22. The molecule has 0 saturated heterocycles. The highest BCUT2D eigenvalue weighted by Gasteiger charge is 2.18. The molecule has 120 valence electrons. The summed E-state index contributed by atoms with van der Waals surface area (Å²) in [4.78, 5) is 22.8. The lowest BCUT2D eigenvalue weighted by Gasteiger charge is -2.17. The van der Waals surface area contributed by atoms with Crippen molar-refractivity contribution < 1.29 is 14.5 Å². The van der Waals surface area contributed by atoms with Crippen LogP contribution in [0.5, 0.6) is 5.75 Å². The summed E-state index contributed by atoms with van der Waals surface area (Å²) in [5.74, 6) is 0.307. The van der Waals surface area contributed by atoms with Gasteiger partial charge in [0.05, 0.1) is 18.1 Å². The number of carbonyl (C=O) groups is 1. The molecule has 1 atom stereocenters. The van der Waals surface area contributed by atoms with Gasteiger partial charge in [-0.3, -0.25) is 14.9 Å². The highest BCUT2D eigenvalue weighted by atomic mass is 16.6. The van der Waals surface area contributed by atoms with Crippen molar-refractivity contribution in [2.75, 3.05) is 7.11 Å². The van der Waals surface area contributed by atoms with E-state index in [1.165, 1.54) is 6.07 Å². The van der Waals surface area contributed by atoms with Crippen molar-refractivity contribution in [3.63, 3.8) is 0 Å².